The Balaban J connectivity index is 1.59. The average Bonchev–Trinajstić information content (AvgIpc) is 3.02. The van der Waals surface area contributed by atoms with Crippen LogP contribution in [0, 0.1) is 17.8 Å². The van der Waals surface area contributed by atoms with Crippen LogP contribution in [-0.2, 0) is 18.4 Å². The van der Waals surface area contributed by atoms with E-state index in [1.807, 2.05) is 7.05 Å². The van der Waals surface area contributed by atoms with Gasteiger partial charge in [0, 0.05) is 13.1 Å². The first-order chi connectivity index (χ1) is 8.65. The molecule has 1 amide bonds. The summed E-state index contributed by atoms with van der Waals surface area (Å²) in [4.78, 5) is 16.3. The molecule has 6 nitrogen and oxygen atoms in total. The molecule has 3 rings (SSSR count). The molecule has 0 aromatic carbocycles. The number of rotatable bonds is 3. The highest BCUT2D eigenvalue weighted by atomic mass is 16.2. The topological polar surface area (TPSA) is 85.8 Å². The number of aromatic nitrogens is 3. The Kier molecular flexibility index (Phi) is 2.81. The number of amides is 1. The predicted octanol–water partition coefficient (Wildman–Crippen LogP) is -0.195. The molecule has 1 heterocycles. The molecule has 98 valence electrons. The molecule has 2 bridgehead atoms. The van der Waals surface area contributed by atoms with Crippen LogP contribution in [-0.4, -0.2) is 26.7 Å². The monoisotopic (exact) mass is 249 g/mol. The zero-order valence-electron chi connectivity index (χ0n) is 10.5. The van der Waals surface area contributed by atoms with E-state index in [1.54, 1.807) is 11.0 Å². The van der Waals surface area contributed by atoms with Crippen molar-refractivity contribution in [2.75, 3.05) is 0 Å². The van der Waals surface area contributed by atoms with Gasteiger partial charge in [0.25, 0.3) is 0 Å². The highest BCUT2D eigenvalue weighted by Gasteiger charge is 2.48. The van der Waals surface area contributed by atoms with Crippen LogP contribution in [0.3, 0.4) is 0 Å². The highest BCUT2D eigenvalue weighted by Crippen LogP contribution is 2.47. The van der Waals surface area contributed by atoms with Gasteiger partial charge in [-0.3, -0.25) is 9.48 Å². The van der Waals surface area contributed by atoms with Crippen LogP contribution >= 0.6 is 0 Å². The van der Waals surface area contributed by atoms with Gasteiger partial charge >= 0.3 is 0 Å². The molecular formula is C12H19N5O. The molecule has 18 heavy (non-hydrogen) atoms. The molecule has 4 unspecified atom stereocenters. The smallest absolute Gasteiger partial charge is 0.225 e. The number of nitrogens with two attached hydrogens (primary N) is 1. The lowest BCUT2D eigenvalue weighted by molar-refractivity contribution is -0.127. The quantitative estimate of drug-likeness (QED) is 0.777. The van der Waals surface area contributed by atoms with E-state index >= 15 is 0 Å². The molecule has 2 aliphatic carbocycles. The number of hydrogen-bond acceptors (Lipinski definition) is 4. The van der Waals surface area contributed by atoms with Crippen LogP contribution < -0.4 is 11.1 Å². The zero-order valence-corrected chi connectivity index (χ0v) is 10.5. The third-order valence-electron chi connectivity index (χ3n) is 4.35. The lowest BCUT2D eigenvalue weighted by atomic mass is 9.84. The molecule has 1 aromatic rings. The maximum Gasteiger partial charge on any atom is 0.225 e. The molecule has 1 aromatic heterocycles. The van der Waals surface area contributed by atoms with E-state index < -0.39 is 0 Å². The van der Waals surface area contributed by atoms with Crippen LogP contribution in [0.1, 0.15) is 25.1 Å². The number of nitrogens with one attached hydrogen (secondary N) is 1. The molecule has 4 atom stereocenters. The molecule has 0 saturated heterocycles. The van der Waals surface area contributed by atoms with Crippen molar-refractivity contribution in [1.29, 1.82) is 0 Å². The molecule has 3 N–H and O–H groups in total. The van der Waals surface area contributed by atoms with E-state index in [4.69, 9.17) is 5.73 Å². The molecule has 6 heteroatoms. The van der Waals surface area contributed by atoms with E-state index in [0.29, 0.717) is 24.2 Å². The average molecular weight is 249 g/mol. The number of hydrogen-bond donors (Lipinski definition) is 2. The fourth-order valence-electron chi connectivity index (χ4n) is 3.47. The Labute approximate surface area is 106 Å². The van der Waals surface area contributed by atoms with Crippen molar-refractivity contribution >= 4 is 5.91 Å². The lowest BCUT2D eigenvalue weighted by Gasteiger charge is -2.26. The van der Waals surface area contributed by atoms with Crippen LogP contribution in [0.5, 0.6) is 0 Å². The second kappa shape index (κ2) is 4.35. The van der Waals surface area contributed by atoms with Crippen molar-refractivity contribution in [3.05, 3.63) is 12.2 Å². The van der Waals surface area contributed by atoms with Gasteiger partial charge in [0.2, 0.25) is 5.91 Å². The number of aryl methyl sites for hydroxylation is 1. The Morgan fingerprint density at radius 3 is 2.94 bits per heavy atom. The maximum absolute atomic E-state index is 12.2. The summed E-state index contributed by atoms with van der Waals surface area (Å²) < 4.78 is 1.63. The van der Waals surface area contributed by atoms with Gasteiger partial charge in [0.15, 0.2) is 5.82 Å². The summed E-state index contributed by atoms with van der Waals surface area (Å²) in [6, 6.07) is 0.0421. The van der Waals surface area contributed by atoms with Crippen LogP contribution in [0.25, 0.3) is 0 Å². The number of carbonyl (C=O) groups excluding carboxylic acids is 1. The van der Waals surface area contributed by atoms with Gasteiger partial charge in [0.1, 0.15) is 6.33 Å². The van der Waals surface area contributed by atoms with Crippen molar-refractivity contribution in [2.45, 2.75) is 31.8 Å². The molecule has 2 fully saturated rings. The summed E-state index contributed by atoms with van der Waals surface area (Å²) in [6.45, 7) is 0.389. The van der Waals surface area contributed by atoms with E-state index in [-0.39, 0.29) is 17.9 Å². The molecule has 0 spiro atoms. The SMILES string of the molecule is Cn1cnc(CNC(=O)C2C3CCC(C3)C2N)n1. The van der Waals surface area contributed by atoms with Crippen molar-refractivity contribution in [3.8, 4) is 0 Å². The van der Waals surface area contributed by atoms with Gasteiger partial charge in [0.05, 0.1) is 12.5 Å². The molecule has 0 aliphatic heterocycles. The van der Waals surface area contributed by atoms with Crippen molar-refractivity contribution in [1.82, 2.24) is 20.1 Å². The fraction of sp³-hybridized carbons (Fsp3) is 0.750. The minimum atomic E-state index is -0.00698. The van der Waals surface area contributed by atoms with Crippen LogP contribution in [0.2, 0.25) is 0 Å². The second-order valence-electron chi connectivity index (χ2n) is 5.49. The summed E-state index contributed by atoms with van der Waals surface area (Å²) >= 11 is 0. The van der Waals surface area contributed by atoms with Crippen molar-refractivity contribution < 1.29 is 4.79 Å². The number of carbonyl (C=O) groups is 1. The van der Waals surface area contributed by atoms with Gasteiger partial charge < -0.3 is 11.1 Å². The van der Waals surface area contributed by atoms with E-state index in [1.165, 1.54) is 6.42 Å². The first kappa shape index (κ1) is 11.6. The van der Waals surface area contributed by atoms with Gasteiger partial charge in [-0.15, -0.1) is 0 Å². The van der Waals surface area contributed by atoms with Crippen molar-refractivity contribution in [3.63, 3.8) is 0 Å². The third kappa shape index (κ3) is 1.90. The van der Waals surface area contributed by atoms with Gasteiger partial charge in [-0.25, -0.2) is 4.98 Å². The zero-order chi connectivity index (χ0) is 12.7. The summed E-state index contributed by atoms with van der Waals surface area (Å²) in [6.07, 6.45) is 5.10. The Morgan fingerprint density at radius 2 is 2.33 bits per heavy atom. The maximum atomic E-state index is 12.2. The van der Waals surface area contributed by atoms with Gasteiger partial charge in [-0.05, 0) is 31.1 Å². The number of nitrogens with zero attached hydrogens (tertiary/aromatic N) is 3. The largest absolute Gasteiger partial charge is 0.348 e. The Morgan fingerprint density at radius 1 is 1.56 bits per heavy atom. The van der Waals surface area contributed by atoms with Crippen LogP contribution in [0.4, 0.5) is 0 Å². The second-order valence-corrected chi connectivity index (χ2v) is 5.49. The van der Waals surface area contributed by atoms with Gasteiger partial charge in [-0.1, -0.05) is 0 Å². The minimum Gasteiger partial charge on any atom is -0.348 e. The summed E-state index contributed by atoms with van der Waals surface area (Å²) in [5.74, 6) is 1.75. The predicted molar refractivity (Wildman–Crippen MR) is 65.1 cm³/mol. The third-order valence-corrected chi connectivity index (χ3v) is 4.35. The highest BCUT2D eigenvalue weighted by molar-refractivity contribution is 5.80. The molecule has 2 saturated carbocycles. The Bertz CT molecular complexity index is 455. The molecule has 2 aliphatic rings. The van der Waals surface area contributed by atoms with E-state index in [9.17, 15) is 4.79 Å². The van der Waals surface area contributed by atoms with Crippen molar-refractivity contribution in [2.24, 2.45) is 30.5 Å². The van der Waals surface area contributed by atoms with Crippen LogP contribution in [0.15, 0.2) is 6.33 Å². The summed E-state index contributed by atoms with van der Waals surface area (Å²) in [5.41, 5.74) is 6.14. The normalized spacial score (nSPS) is 33.9. The standard InChI is InChI=1S/C12H19N5O/c1-17-6-15-9(16-17)5-14-12(18)10-7-2-3-8(4-7)11(10)13/h6-8,10-11H,2-5,13H2,1H3,(H,14,18). The lowest BCUT2D eigenvalue weighted by Crippen LogP contribution is -2.45. The fourth-order valence-corrected chi connectivity index (χ4v) is 3.47. The Hall–Kier alpha value is -1.43. The summed E-state index contributed by atoms with van der Waals surface area (Å²) in [7, 11) is 1.81. The molecular weight excluding hydrogens is 230 g/mol. The molecule has 0 radical (unpaired) electrons. The first-order valence-electron chi connectivity index (χ1n) is 6.53. The number of fused-ring (bicyclic) bond motifs is 2. The van der Waals surface area contributed by atoms with Gasteiger partial charge in [-0.2, -0.15) is 5.10 Å². The van der Waals surface area contributed by atoms with E-state index in [2.05, 4.69) is 15.4 Å². The van der Waals surface area contributed by atoms with E-state index in [0.717, 1.165) is 12.8 Å². The summed E-state index contributed by atoms with van der Waals surface area (Å²) in [5, 5.41) is 7.05. The first-order valence-corrected chi connectivity index (χ1v) is 6.53. The minimum absolute atomic E-state index is 0.00698.